The van der Waals surface area contributed by atoms with Crippen LogP contribution in [0.3, 0.4) is 0 Å². The Balaban J connectivity index is 0.000000190. The Morgan fingerprint density at radius 2 is 1.12 bits per heavy atom. The number of aromatic hydroxyl groups is 2. The highest BCUT2D eigenvalue weighted by Gasteiger charge is 2.19. The van der Waals surface area contributed by atoms with Crippen molar-refractivity contribution in [3.63, 3.8) is 0 Å². The number of hydrogen-bond donors (Lipinski definition) is 4. The fourth-order valence-electron chi connectivity index (χ4n) is 5.15. The summed E-state index contributed by atoms with van der Waals surface area (Å²) >= 11 is 1.64. The van der Waals surface area contributed by atoms with Gasteiger partial charge in [-0.2, -0.15) is 0 Å². The highest BCUT2D eigenvalue weighted by molar-refractivity contribution is 7.98. The molecule has 0 saturated heterocycles. The van der Waals surface area contributed by atoms with Gasteiger partial charge in [0.25, 0.3) is 11.8 Å². The molecular weight excluding hydrogens is 621 g/mol. The van der Waals surface area contributed by atoms with Gasteiger partial charge in [0.05, 0.1) is 23.9 Å². The minimum atomic E-state index is -0.377. The summed E-state index contributed by atoms with van der Waals surface area (Å²) < 4.78 is 5.37. The van der Waals surface area contributed by atoms with Gasteiger partial charge in [0.2, 0.25) is 0 Å². The molecule has 0 radical (unpaired) electrons. The predicted molar refractivity (Wildman–Crippen MR) is 197 cm³/mol. The van der Waals surface area contributed by atoms with Gasteiger partial charge in [0.15, 0.2) is 0 Å². The molecule has 0 aromatic heterocycles. The lowest BCUT2D eigenvalue weighted by atomic mass is 9.87. The van der Waals surface area contributed by atoms with E-state index < -0.39 is 0 Å². The summed E-state index contributed by atoms with van der Waals surface area (Å²) in [6, 6.07) is 35.2. The van der Waals surface area contributed by atoms with E-state index in [9.17, 15) is 19.8 Å². The smallest absolute Gasteiger partial charge is 0.259 e. The zero-order chi connectivity index (χ0) is 34.4. The van der Waals surface area contributed by atoms with Crippen molar-refractivity contribution in [3.8, 4) is 17.2 Å². The van der Waals surface area contributed by atoms with E-state index in [4.69, 9.17) is 4.74 Å². The fraction of sp³-hybridized carbons (Fsp3) is 0.150. The summed E-state index contributed by atoms with van der Waals surface area (Å²) in [5, 5.41) is 29.6. The summed E-state index contributed by atoms with van der Waals surface area (Å²) in [6.07, 6.45) is 2.00. The molecule has 0 fully saturated rings. The second kappa shape index (κ2) is 14.5. The lowest BCUT2D eigenvalue weighted by molar-refractivity contribution is 0.101. The lowest BCUT2D eigenvalue weighted by Gasteiger charge is -2.21. The molecule has 0 aliphatic carbocycles. The number of hydrogen-bond acceptors (Lipinski definition) is 6. The molecule has 0 bridgehead atoms. The summed E-state index contributed by atoms with van der Waals surface area (Å²) in [6.45, 7) is 6.32. The first-order valence-electron chi connectivity index (χ1n) is 15.4. The minimum Gasteiger partial charge on any atom is -0.507 e. The zero-order valence-electron chi connectivity index (χ0n) is 27.5. The van der Waals surface area contributed by atoms with Gasteiger partial charge in [0, 0.05) is 10.6 Å². The van der Waals surface area contributed by atoms with Gasteiger partial charge < -0.3 is 25.6 Å². The molecule has 2 amide bonds. The molecule has 0 aliphatic rings. The molecule has 4 N–H and O–H groups in total. The molecule has 0 saturated carbocycles. The van der Waals surface area contributed by atoms with Crippen molar-refractivity contribution in [1.29, 1.82) is 0 Å². The number of rotatable bonds is 6. The van der Waals surface area contributed by atoms with Crippen molar-refractivity contribution in [2.24, 2.45) is 0 Å². The molecule has 0 spiro atoms. The Morgan fingerprint density at radius 1 is 0.646 bits per heavy atom. The van der Waals surface area contributed by atoms with Crippen molar-refractivity contribution < 1.29 is 24.5 Å². The van der Waals surface area contributed by atoms with Crippen molar-refractivity contribution in [1.82, 2.24) is 0 Å². The lowest BCUT2D eigenvalue weighted by Crippen LogP contribution is -2.15. The van der Waals surface area contributed by atoms with Crippen molar-refractivity contribution in [2.75, 3.05) is 24.0 Å². The number of ether oxygens (including phenoxy) is 1. The number of fused-ring (bicyclic) bond motifs is 2. The van der Waals surface area contributed by atoms with E-state index in [0.717, 1.165) is 32.0 Å². The number of carbonyl (C=O) groups is 2. The van der Waals surface area contributed by atoms with Crippen molar-refractivity contribution in [3.05, 3.63) is 132 Å². The molecule has 0 heterocycles. The van der Waals surface area contributed by atoms with Gasteiger partial charge in [-0.1, -0.05) is 75.4 Å². The number of methoxy groups -OCH3 is 1. The number of benzene rings is 6. The van der Waals surface area contributed by atoms with Crippen LogP contribution in [0.1, 0.15) is 47.1 Å². The number of amides is 2. The van der Waals surface area contributed by atoms with E-state index in [-0.39, 0.29) is 39.9 Å². The maximum Gasteiger partial charge on any atom is 0.259 e. The summed E-state index contributed by atoms with van der Waals surface area (Å²) in [7, 11) is 1.56. The van der Waals surface area contributed by atoms with Gasteiger partial charge in [-0.3, -0.25) is 9.59 Å². The number of phenols is 2. The molecule has 6 rings (SSSR count). The first-order chi connectivity index (χ1) is 23.0. The second-order valence-electron chi connectivity index (χ2n) is 12.2. The van der Waals surface area contributed by atoms with Gasteiger partial charge in [-0.25, -0.2) is 0 Å². The van der Waals surface area contributed by atoms with Gasteiger partial charge in [-0.15, -0.1) is 11.8 Å². The van der Waals surface area contributed by atoms with Crippen LogP contribution in [-0.2, 0) is 5.41 Å². The largest absolute Gasteiger partial charge is 0.507 e. The van der Waals surface area contributed by atoms with Crippen LogP contribution in [0.5, 0.6) is 17.2 Å². The van der Waals surface area contributed by atoms with E-state index in [1.165, 1.54) is 0 Å². The third kappa shape index (κ3) is 7.90. The van der Waals surface area contributed by atoms with Gasteiger partial charge in [0.1, 0.15) is 17.2 Å². The zero-order valence-corrected chi connectivity index (χ0v) is 28.3. The molecule has 0 atom stereocenters. The molecule has 244 valence electrons. The van der Waals surface area contributed by atoms with Crippen LogP contribution in [-0.4, -0.2) is 35.4 Å². The monoisotopic (exact) mass is 658 g/mol. The summed E-state index contributed by atoms with van der Waals surface area (Å²) in [5.74, 6) is -0.187. The molecular formula is C40H38N2O5S. The first kappa shape index (κ1) is 33.9. The Labute approximate surface area is 284 Å². The standard InChI is InChI=1S/C22H23NO3.C18H15NO2S/c1-22(2,3)16-9-10-20(26-4)18(13-16)23-21(25)17-11-14-7-5-6-8-15(14)12-19(17)24;1-22-15-8-6-14(7-9-15)19-18(21)16-10-12-4-2-3-5-13(12)11-17(16)20/h5-13,24H,1-4H3,(H,23,25);2-11,20H,1H3,(H,19,21). The van der Waals surface area contributed by atoms with Gasteiger partial charge >= 0.3 is 0 Å². The second-order valence-corrected chi connectivity index (χ2v) is 13.1. The average Bonchev–Trinajstić information content (AvgIpc) is 3.07. The van der Waals surface area contributed by atoms with E-state index in [1.54, 1.807) is 43.1 Å². The third-order valence-electron chi connectivity index (χ3n) is 7.88. The van der Waals surface area contributed by atoms with E-state index in [2.05, 4.69) is 31.4 Å². The summed E-state index contributed by atoms with van der Waals surface area (Å²) in [5.41, 5.74) is 2.81. The first-order valence-corrected chi connectivity index (χ1v) is 16.6. The molecule has 6 aromatic rings. The maximum atomic E-state index is 12.8. The number of thioether (sulfide) groups is 1. The van der Waals surface area contributed by atoms with Crippen LogP contribution >= 0.6 is 11.8 Å². The van der Waals surface area contributed by atoms with Crippen LogP contribution in [0.25, 0.3) is 21.5 Å². The minimum absolute atomic E-state index is 0.0167. The highest BCUT2D eigenvalue weighted by atomic mass is 32.2. The molecule has 8 heteroatoms. The van der Waals surface area contributed by atoms with E-state index in [0.29, 0.717) is 17.1 Å². The molecule has 6 aromatic carbocycles. The SMILES string of the molecule is COc1ccc(C(C)(C)C)cc1NC(=O)c1cc2ccccc2cc1O.CSc1ccc(NC(=O)c2cc3ccccc3cc2O)cc1. The summed E-state index contributed by atoms with van der Waals surface area (Å²) in [4.78, 5) is 26.3. The predicted octanol–water partition coefficient (Wildman–Crippen LogP) is 9.62. The number of phenolic OH excluding ortho intramolecular Hbond substituents is 2. The number of nitrogens with one attached hydrogen (secondary N) is 2. The van der Waals surface area contributed by atoms with Crippen LogP contribution in [0.15, 0.2) is 120 Å². The van der Waals surface area contributed by atoms with Crippen LogP contribution in [0.4, 0.5) is 11.4 Å². The quantitative estimate of drug-likeness (QED) is 0.133. The van der Waals surface area contributed by atoms with Crippen LogP contribution < -0.4 is 15.4 Å². The normalized spacial score (nSPS) is 11.0. The maximum absolute atomic E-state index is 12.8. The molecule has 0 aliphatic heterocycles. The van der Waals surface area contributed by atoms with Crippen molar-refractivity contribution in [2.45, 2.75) is 31.1 Å². The van der Waals surface area contributed by atoms with E-state index >= 15 is 0 Å². The van der Waals surface area contributed by atoms with Crippen LogP contribution in [0.2, 0.25) is 0 Å². The topological polar surface area (TPSA) is 108 Å². The molecule has 7 nitrogen and oxygen atoms in total. The highest BCUT2D eigenvalue weighted by Crippen LogP contribution is 2.33. The Morgan fingerprint density at radius 3 is 1.58 bits per heavy atom. The van der Waals surface area contributed by atoms with E-state index in [1.807, 2.05) is 97.3 Å². The number of carbonyl (C=O) groups excluding carboxylic acids is 2. The average molecular weight is 659 g/mol. The molecule has 0 unspecified atom stereocenters. The third-order valence-corrected chi connectivity index (χ3v) is 8.62. The Bertz CT molecular complexity index is 2100. The van der Waals surface area contributed by atoms with Crippen molar-refractivity contribution >= 4 is 56.5 Å². The molecule has 48 heavy (non-hydrogen) atoms. The Hall–Kier alpha value is -5.47. The fourth-order valence-corrected chi connectivity index (χ4v) is 5.56. The Kier molecular flexibility index (Phi) is 10.3. The van der Waals surface area contributed by atoms with Crippen LogP contribution in [0, 0.1) is 0 Å². The van der Waals surface area contributed by atoms with Gasteiger partial charge in [-0.05, 0) is 99.4 Å². The number of anilines is 2.